The van der Waals surface area contributed by atoms with E-state index in [-0.39, 0.29) is 23.5 Å². The summed E-state index contributed by atoms with van der Waals surface area (Å²) in [6.45, 7) is 7.12. The summed E-state index contributed by atoms with van der Waals surface area (Å²) in [7, 11) is -3.09. The molecule has 1 aromatic carbocycles. The monoisotopic (exact) mass is 438 g/mol. The fraction of sp³-hybridized carbons (Fsp3) is 0.500. The van der Waals surface area contributed by atoms with Gasteiger partial charge < -0.3 is 9.80 Å². The highest BCUT2D eigenvalue weighted by atomic mass is 35.5. The first-order valence-electron chi connectivity index (χ1n) is 9.87. The summed E-state index contributed by atoms with van der Waals surface area (Å²) < 4.78 is 25.6. The van der Waals surface area contributed by atoms with E-state index in [1.165, 1.54) is 6.20 Å². The molecule has 1 unspecified atom stereocenters. The number of amides is 1. The Bertz CT molecular complexity index is 939. The molecular formula is C20H27ClN4O3S. The van der Waals surface area contributed by atoms with E-state index in [0.29, 0.717) is 30.1 Å². The molecule has 1 amide bonds. The summed E-state index contributed by atoms with van der Waals surface area (Å²) in [6, 6.07) is 6.89. The smallest absolute Gasteiger partial charge is 0.257 e. The number of sulfone groups is 1. The lowest BCUT2D eigenvalue weighted by Gasteiger charge is -2.30. The number of hydrogen-bond acceptors (Lipinski definition) is 5. The van der Waals surface area contributed by atoms with Gasteiger partial charge in [-0.1, -0.05) is 25.4 Å². The molecule has 29 heavy (non-hydrogen) atoms. The zero-order valence-electron chi connectivity index (χ0n) is 16.8. The van der Waals surface area contributed by atoms with Crippen molar-refractivity contribution >= 4 is 27.3 Å². The molecule has 0 aliphatic carbocycles. The molecule has 158 valence electrons. The van der Waals surface area contributed by atoms with Gasteiger partial charge in [0.05, 0.1) is 29.0 Å². The van der Waals surface area contributed by atoms with E-state index < -0.39 is 9.84 Å². The molecular weight excluding hydrogens is 412 g/mol. The second-order valence-corrected chi connectivity index (χ2v) is 9.90. The van der Waals surface area contributed by atoms with E-state index in [9.17, 15) is 13.2 Å². The van der Waals surface area contributed by atoms with Crippen molar-refractivity contribution in [2.24, 2.45) is 0 Å². The third kappa shape index (κ3) is 5.38. The summed E-state index contributed by atoms with van der Waals surface area (Å²) in [4.78, 5) is 17.2. The maximum atomic E-state index is 13.3. The first-order chi connectivity index (χ1) is 13.8. The Morgan fingerprint density at radius 3 is 2.48 bits per heavy atom. The average molecular weight is 439 g/mol. The predicted molar refractivity (Wildman–Crippen MR) is 114 cm³/mol. The summed E-state index contributed by atoms with van der Waals surface area (Å²) in [6.07, 6.45) is 3.70. The van der Waals surface area contributed by atoms with Crippen LogP contribution in [0.4, 0.5) is 0 Å². The van der Waals surface area contributed by atoms with Crippen molar-refractivity contribution in [1.82, 2.24) is 19.6 Å². The summed E-state index contributed by atoms with van der Waals surface area (Å²) in [5, 5.41) is 4.93. The number of nitrogens with zero attached hydrogens (tertiary/aromatic N) is 4. The van der Waals surface area contributed by atoms with Gasteiger partial charge in [0, 0.05) is 30.4 Å². The van der Waals surface area contributed by atoms with Gasteiger partial charge >= 0.3 is 0 Å². The third-order valence-electron chi connectivity index (χ3n) is 5.38. The quantitative estimate of drug-likeness (QED) is 0.633. The molecule has 0 N–H and O–H groups in total. The number of rotatable bonds is 8. The number of likely N-dealkylation sites (N-methyl/N-ethyl adjacent to an activating group) is 1. The molecule has 1 fully saturated rings. The molecule has 1 aliphatic rings. The van der Waals surface area contributed by atoms with Crippen LogP contribution in [0.2, 0.25) is 5.02 Å². The Morgan fingerprint density at radius 2 is 1.90 bits per heavy atom. The van der Waals surface area contributed by atoms with Gasteiger partial charge in [0.25, 0.3) is 5.91 Å². The molecule has 9 heteroatoms. The molecule has 1 atom stereocenters. The molecule has 2 aromatic rings. The molecule has 1 saturated heterocycles. The molecule has 2 heterocycles. The number of hydrogen-bond donors (Lipinski definition) is 0. The van der Waals surface area contributed by atoms with Crippen LogP contribution in [0.5, 0.6) is 0 Å². The molecule has 3 rings (SSSR count). The number of aromatic nitrogens is 2. The zero-order chi connectivity index (χ0) is 21.0. The van der Waals surface area contributed by atoms with Crippen LogP contribution in [-0.4, -0.2) is 77.6 Å². The van der Waals surface area contributed by atoms with Crippen molar-refractivity contribution < 1.29 is 13.2 Å². The van der Waals surface area contributed by atoms with Gasteiger partial charge in [0.1, 0.15) is 0 Å². The zero-order valence-corrected chi connectivity index (χ0v) is 18.4. The van der Waals surface area contributed by atoms with Crippen LogP contribution in [0.1, 0.15) is 30.6 Å². The fourth-order valence-corrected chi connectivity index (χ4v) is 5.45. The summed E-state index contributed by atoms with van der Waals surface area (Å²) in [5.41, 5.74) is 1.25. The number of halogens is 1. The normalized spacial score (nSPS) is 18.3. The van der Waals surface area contributed by atoms with Crippen molar-refractivity contribution in [1.29, 1.82) is 0 Å². The Kier molecular flexibility index (Phi) is 6.97. The lowest BCUT2D eigenvalue weighted by atomic mass is 10.2. The highest BCUT2D eigenvalue weighted by Gasteiger charge is 2.35. The second kappa shape index (κ2) is 9.28. The molecule has 7 nitrogen and oxygen atoms in total. The van der Waals surface area contributed by atoms with E-state index in [0.717, 1.165) is 18.8 Å². The topological polar surface area (TPSA) is 75.5 Å². The van der Waals surface area contributed by atoms with Crippen LogP contribution < -0.4 is 0 Å². The van der Waals surface area contributed by atoms with E-state index >= 15 is 0 Å². The van der Waals surface area contributed by atoms with Gasteiger partial charge in [0.15, 0.2) is 9.84 Å². The number of benzene rings is 1. The highest BCUT2D eigenvalue weighted by Crippen LogP contribution is 2.21. The van der Waals surface area contributed by atoms with Crippen molar-refractivity contribution in [3.63, 3.8) is 0 Å². The van der Waals surface area contributed by atoms with Crippen LogP contribution in [0, 0.1) is 0 Å². The third-order valence-corrected chi connectivity index (χ3v) is 7.38. The van der Waals surface area contributed by atoms with Crippen LogP contribution in [0.15, 0.2) is 36.7 Å². The van der Waals surface area contributed by atoms with E-state index in [1.54, 1.807) is 27.9 Å². The Balaban J connectivity index is 1.81. The van der Waals surface area contributed by atoms with Crippen LogP contribution in [-0.2, 0) is 9.84 Å². The fourth-order valence-electron chi connectivity index (χ4n) is 3.59. The van der Waals surface area contributed by atoms with E-state index in [1.807, 2.05) is 12.1 Å². The Hall–Kier alpha value is -1.90. The summed E-state index contributed by atoms with van der Waals surface area (Å²) >= 11 is 5.93. The Morgan fingerprint density at radius 1 is 1.21 bits per heavy atom. The minimum absolute atomic E-state index is 0.0301. The van der Waals surface area contributed by atoms with Gasteiger partial charge in [-0.2, -0.15) is 5.10 Å². The maximum absolute atomic E-state index is 13.3. The van der Waals surface area contributed by atoms with Crippen LogP contribution in [0.3, 0.4) is 0 Å². The minimum atomic E-state index is -3.09. The minimum Gasteiger partial charge on any atom is -0.333 e. The molecule has 0 spiro atoms. The molecule has 0 radical (unpaired) electrons. The molecule has 0 saturated carbocycles. The Labute approximate surface area is 177 Å². The second-order valence-electron chi connectivity index (χ2n) is 7.23. The number of carbonyl (C=O) groups is 1. The molecule has 1 aromatic heterocycles. The maximum Gasteiger partial charge on any atom is 0.257 e. The highest BCUT2D eigenvalue weighted by molar-refractivity contribution is 7.91. The van der Waals surface area contributed by atoms with Gasteiger partial charge in [0.2, 0.25) is 0 Å². The van der Waals surface area contributed by atoms with Gasteiger partial charge in [-0.05, 0) is 43.8 Å². The van der Waals surface area contributed by atoms with Crippen molar-refractivity contribution in [2.45, 2.75) is 26.3 Å². The SMILES string of the molecule is CCN(CC)CCN(C(=O)c1cnn(-c2ccc(Cl)cc2)c1)C1CCS(=O)(=O)C1. The van der Waals surface area contributed by atoms with Gasteiger partial charge in [-0.15, -0.1) is 0 Å². The van der Waals surface area contributed by atoms with E-state index in [2.05, 4.69) is 23.8 Å². The lowest BCUT2D eigenvalue weighted by Crippen LogP contribution is -2.45. The standard InChI is InChI=1S/C20H27ClN4O3S/c1-3-23(4-2)10-11-24(19-9-12-29(27,28)15-19)20(26)16-13-22-25(14-16)18-7-5-17(21)6-8-18/h5-8,13-14,19H,3-4,9-12,15H2,1-2H3. The number of carbonyl (C=O) groups excluding carboxylic acids is 1. The van der Waals surface area contributed by atoms with Crippen molar-refractivity contribution in [3.8, 4) is 5.69 Å². The van der Waals surface area contributed by atoms with Crippen molar-refractivity contribution in [2.75, 3.05) is 37.7 Å². The molecule has 1 aliphatic heterocycles. The summed E-state index contributed by atoms with van der Waals surface area (Å²) in [5.74, 6) is -0.0153. The largest absolute Gasteiger partial charge is 0.333 e. The van der Waals surface area contributed by atoms with Gasteiger partial charge in [-0.3, -0.25) is 4.79 Å². The van der Waals surface area contributed by atoms with Gasteiger partial charge in [-0.25, -0.2) is 13.1 Å². The van der Waals surface area contributed by atoms with E-state index in [4.69, 9.17) is 11.6 Å². The average Bonchev–Trinajstić information content (AvgIpc) is 3.32. The first-order valence-corrected chi connectivity index (χ1v) is 12.1. The lowest BCUT2D eigenvalue weighted by molar-refractivity contribution is 0.0674. The van der Waals surface area contributed by atoms with Crippen LogP contribution >= 0.6 is 11.6 Å². The van der Waals surface area contributed by atoms with Crippen LogP contribution in [0.25, 0.3) is 5.69 Å². The molecule has 0 bridgehead atoms. The first kappa shape index (κ1) is 21.8. The van der Waals surface area contributed by atoms with Crippen molar-refractivity contribution in [3.05, 3.63) is 47.2 Å². The predicted octanol–water partition coefficient (Wildman–Crippen LogP) is 2.50.